The fraction of sp³-hybridized carbons (Fsp3) is 0.375. The first kappa shape index (κ1) is 19.0. The van der Waals surface area contributed by atoms with Crippen LogP contribution in [0.25, 0.3) is 10.9 Å². The third kappa shape index (κ3) is 3.87. The zero-order valence-electron chi connectivity index (χ0n) is 16.9. The summed E-state index contributed by atoms with van der Waals surface area (Å²) in [6.07, 6.45) is 7.36. The van der Waals surface area contributed by atoms with Crippen molar-refractivity contribution in [1.29, 1.82) is 0 Å². The minimum absolute atomic E-state index is 0.0808. The molecule has 0 bridgehead atoms. The number of H-pyrrole nitrogens is 1. The quantitative estimate of drug-likeness (QED) is 0.612. The zero-order valence-corrected chi connectivity index (χ0v) is 16.9. The van der Waals surface area contributed by atoms with Crippen molar-refractivity contribution in [3.8, 4) is 0 Å². The first-order valence-electron chi connectivity index (χ1n) is 10.8. The van der Waals surface area contributed by atoms with Crippen molar-refractivity contribution in [1.82, 2.24) is 14.9 Å². The summed E-state index contributed by atoms with van der Waals surface area (Å²) in [4.78, 5) is 35.1. The van der Waals surface area contributed by atoms with Crippen LogP contribution in [0.15, 0.2) is 48.8 Å². The van der Waals surface area contributed by atoms with Gasteiger partial charge in [-0.15, -0.1) is 0 Å². The number of nitrogens with one attached hydrogen (secondary N) is 2. The molecule has 2 N–H and O–H groups in total. The van der Waals surface area contributed by atoms with Crippen LogP contribution < -0.4 is 5.32 Å². The standard InChI is InChI=1S/C24H26N4O2/c29-21(15-28-12-9-17(10-13-28)16-4-2-1-3-5-16)27-22-19-14-25-11-8-20(19)26-23(22)24(30)18-6-7-18/h1-5,8,11,14,17-18,26H,6-7,9-10,12-13,15H2,(H,27,29). The van der Waals surface area contributed by atoms with E-state index in [1.165, 1.54) is 5.56 Å². The molecule has 1 saturated heterocycles. The fourth-order valence-corrected chi connectivity index (χ4v) is 4.43. The average Bonchev–Trinajstić information content (AvgIpc) is 3.57. The van der Waals surface area contributed by atoms with E-state index in [-0.39, 0.29) is 17.6 Å². The van der Waals surface area contributed by atoms with Gasteiger partial charge in [-0.25, -0.2) is 0 Å². The Kier molecular flexibility index (Phi) is 5.09. The molecule has 2 aliphatic rings. The molecule has 2 aromatic heterocycles. The summed E-state index contributed by atoms with van der Waals surface area (Å²) < 4.78 is 0. The molecule has 1 saturated carbocycles. The second kappa shape index (κ2) is 8.03. The number of hydrogen-bond acceptors (Lipinski definition) is 4. The number of carbonyl (C=O) groups excluding carboxylic acids is 2. The lowest BCUT2D eigenvalue weighted by Gasteiger charge is -2.31. The van der Waals surface area contributed by atoms with Gasteiger partial charge in [-0.2, -0.15) is 0 Å². The number of rotatable bonds is 6. The van der Waals surface area contributed by atoms with Gasteiger partial charge in [0.05, 0.1) is 17.7 Å². The number of ketones is 1. The highest BCUT2D eigenvalue weighted by Gasteiger charge is 2.34. The molecule has 1 amide bonds. The Hall–Kier alpha value is -2.99. The number of nitrogens with zero attached hydrogens (tertiary/aromatic N) is 2. The second-order valence-electron chi connectivity index (χ2n) is 8.44. The largest absolute Gasteiger partial charge is 0.350 e. The number of piperidine rings is 1. The van der Waals surface area contributed by atoms with Gasteiger partial charge in [0.25, 0.3) is 0 Å². The molecule has 5 rings (SSSR count). The second-order valence-corrected chi connectivity index (χ2v) is 8.44. The number of aromatic amines is 1. The number of anilines is 1. The van der Waals surface area contributed by atoms with Crippen LogP contribution in [0.3, 0.4) is 0 Å². The minimum atomic E-state index is -0.0808. The van der Waals surface area contributed by atoms with Crippen molar-refractivity contribution in [2.45, 2.75) is 31.6 Å². The predicted octanol–water partition coefficient (Wildman–Crippen LogP) is 3.97. The highest BCUT2D eigenvalue weighted by molar-refractivity contribution is 6.14. The van der Waals surface area contributed by atoms with Crippen LogP contribution in [0.4, 0.5) is 5.69 Å². The van der Waals surface area contributed by atoms with E-state index >= 15 is 0 Å². The summed E-state index contributed by atoms with van der Waals surface area (Å²) >= 11 is 0. The van der Waals surface area contributed by atoms with Crippen LogP contribution in [0, 0.1) is 5.92 Å². The van der Waals surface area contributed by atoms with Gasteiger partial charge in [0.2, 0.25) is 5.91 Å². The Morgan fingerprint density at radius 3 is 2.57 bits per heavy atom. The van der Waals surface area contributed by atoms with Gasteiger partial charge >= 0.3 is 0 Å². The van der Waals surface area contributed by atoms with Crippen LogP contribution in [0.5, 0.6) is 0 Å². The molecule has 6 heteroatoms. The number of Topliss-reactive ketones (excluding diaryl/α,β-unsaturated/α-hetero) is 1. The first-order valence-corrected chi connectivity index (χ1v) is 10.8. The molecule has 154 valence electrons. The maximum atomic E-state index is 12.8. The summed E-state index contributed by atoms with van der Waals surface area (Å²) in [5, 5.41) is 3.80. The van der Waals surface area contributed by atoms with Crippen LogP contribution in [0.1, 0.15) is 47.7 Å². The number of hydrogen-bond donors (Lipinski definition) is 2. The molecular weight excluding hydrogens is 376 g/mol. The minimum Gasteiger partial charge on any atom is -0.350 e. The third-order valence-corrected chi connectivity index (χ3v) is 6.28. The molecule has 0 radical (unpaired) electrons. The molecule has 1 aromatic carbocycles. The van der Waals surface area contributed by atoms with Crippen molar-refractivity contribution in [3.63, 3.8) is 0 Å². The van der Waals surface area contributed by atoms with E-state index in [1.807, 2.05) is 12.1 Å². The number of amides is 1. The smallest absolute Gasteiger partial charge is 0.238 e. The number of likely N-dealkylation sites (tertiary alicyclic amines) is 1. The molecule has 3 heterocycles. The number of pyridine rings is 1. The van der Waals surface area contributed by atoms with Crippen molar-refractivity contribution >= 4 is 28.3 Å². The Morgan fingerprint density at radius 2 is 1.83 bits per heavy atom. The molecule has 2 fully saturated rings. The molecule has 30 heavy (non-hydrogen) atoms. The van der Waals surface area contributed by atoms with Gasteiger partial charge in [-0.05, 0) is 56.3 Å². The normalized spacial score (nSPS) is 17.9. The molecule has 0 unspecified atom stereocenters. The molecular formula is C24H26N4O2. The first-order chi connectivity index (χ1) is 14.7. The summed E-state index contributed by atoms with van der Waals surface area (Å²) in [5.74, 6) is 0.652. The van der Waals surface area contributed by atoms with Gasteiger partial charge in [0.15, 0.2) is 5.78 Å². The fourth-order valence-electron chi connectivity index (χ4n) is 4.43. The van der Waals surface area contributed by atoms with Crippen LogP contribution in [0.2, 0.25) is 0 Å². The van der Waals surface area contributed by atoms with Crippen molar-refractivity contribution < 1.29 is 9.59 Å². The van der Waals surface area contributed by atoms with Crippen LogP contribution in [-0.2, 0) is 4.79 Å². The summed E-state index contributed by atoms with van der Waals surface area (Å²) in [6.45, 7) is 2.14. The third-order valence-electron chi connectivity index (χ3n) is 6.28. The van der Waals surface area contributed by atoms with Crippen LogP contribution in [-0.4, -0.2) is 46.2 Å². The number of carbonyl (C=O) groups is 2. The van der Waals surface area contributed by atoms with Crippen molar-refractivity contribution in [2.75, 3.05) is 25.0 Å². The van der Waals surface area contributed by atoms with E-state index in [4.69, 9.17) is 0 Å². The number of aromatic nitrogens is 2. The zero-order chi connectivity index (χ0) is 20.5. The maximum Gasteiger partial charge on any atom is 0.238 e. The molecule has 0 atom stereocenters. The summed E-state index contributed by atoms with van der Waals surface area (Å²) in [6, 6.07) is 12.4. The monoisotopic (exact) mass is 402 g/mol. The molecule has 1 aliphatic heterocycles. The molecule has 0 spiro atoms. The number of benzene rings is 1. The van der Waals surface area contributed by atoms with E-state index in [2.05, 4.69) is 44.5 Å². The molecule has 6 nitrogen and oxygen atoms in total. The van der Waals surface area contributed by atoms with Crippen LogP contribution >= 0.6 is 0 Å². The highest BCUT2D eigenvalue weighted by atomic mass is 16.2. The lowest BCUT2D eigenvalue weighted by atomic mass is 9.89. The maximum absolute atomic E-state index is 12.8. The predicted molar refractivity (Wildman–Crippen MR) is 117 cm³/mol. The lowest BCUT2D eigenvalue weighted by Crippen LogP contribution is -2.38. The Morgan fingerprint density at radius 1 is 1.07 bits per heavy atom. The summed E-state index contributed by atoms with van der Waals surface area (Å²) in [7, 11) is 0. The Bertz CT molecular complexity index is 1060. The molecule has 1 aliphatic carbocycles. The van der Waals surface area contributed by atoms with Gasteiger partial charge in [0.1, 0.15) is 5.69 Å². The lowest BCUT2D eigenvalue weighted by molar-refractivity contribution is -0.117. The molecule has 3 aromatic rings. The van der Waals surface area contributed by atoms with E-state index in [1.54, 1.807) is 12.4 Å². The van der Waals surface area contributed by atoms with Gasteiger partial charge in [-0.3, -0.25) is 19.5 Å². The Balaban J connectivity index is 1.25. The highest BCUT2D eigenvalue weighted by Crippen LogP contribution is 2.37. The van der Waals surface area contributed by atoms with Gasteiger partial charge in [-0.1, -0.05) is 30.3 Å². The topological polar surface area (TPSA) is 78.1 Å². The average molecular weight is 402 g/mol. The van der Waals surface area contributed by atoms with Crippen molar-refractivity contribution in [2.24, 2.45) is 5.92 Å². The van der Waals surface area contributed by atoms with Crippen molar-refractivity contribution in [3.05, 3.63) is 60.0 Å². The van der Waals surface area contributed by atoms with E-state index in [9.17, 15) is 9.59 Å². The van der Waals surface area contributed by atoms with E-state index in [0.29, 0.717) is 23.8 Å². The summed E-state index contributed by atoms with van der Waals surface area (Å²) in [5.41, 5.74) is 3.31. The van der Waals surface area contributed by atoms with Gasteiger partial charge < -0.3 is 10.3 Å². The van der Waals surface area contributed by atoms with Gasteiger partial charge in [0, 0.05) is 23.7 Å². The SMILES string of the molecule is O=C(CN1CCC(c2ccccc2)CC1)Nc1c(C(=O)C2CC2)[nH]c2ccncc12. The number of fused-ring (bicyclic) bond motifs is 1. The van der Waals surface area contributed by atoms with E-state index < -0.39 is 0 Å². The Labute approximate surface area is 175 Å². The van der Waals surface area contributed by atoms with E-state index in [0.717, 1.165) is 49.7 Å².